The Balaban J connectivity index is 1.58. The molecule has 3 aromatic rings. The summed E-state index contributed by atoms with van der Waals surface area (Å²) in [6.45, 7) is 5.05. The van der Waals surface area contributed by atoms with Crippen LogP contribution in [-0.2, 0) is 5.60 Å². The highest BCUT2D eigenvalue weighted by Crippen LogP contribution is 2.40. The lowest BCUT2D eigenvalue weighted by atomic mass is 9.96. The molecule has 0 amide bonds. The number of benzene rings is 2. The van der Waals surface area contributed by atoms with Crippen LogP contribution in [0.4, 0.5) is 39.0 Å². The molecule has 5 N–H and O–H groups in total. The zero-order chi connectivity index (χ0) is 28.3. The number of nitrogens with zero attached hydrogens (tertiary/aromatic N) is 5. The van der Waals surface area contributed by atoms with Gasteiger partial charge in [0.2, 0.25) is 11.9 Å². The largest absolute Gasteiger partial charge is 0.494 e. The fourth-order valence-corrected chi connectivity index (χ4v) is 4.94. The van der Waals surface area contributed by atoms with Gasteiger partial charge in [-0.1, -0.05) is 11.6 Å². The van der Waals surface area contributed by atoms with Gasteiger partial charge in [0, 0.05) is 29.9 Å². The first-order valence-corrected chi connectivity index (χ1v) is 13.2. The SMILES string of the molecule is COc1cc(N2CCC[C@@H]2CCN(C)C)c(N)cc1Nc1ncnc(Nc2cc(Cl)c(F)cc2C(C)(C)O)n1. The van der Waals surface area contributed by atoms with Gasteiger partial charge in [-0.05, 0) is 71.9 Å². The summed E-state index contributed by atoms with van der Waals surface area (Å²) in [5.74, 6) is 0.372. The number of anilines is 6. The molecule has 12 heteroatoms. The van der Waals surface area contributed by atoms with Gasteiger partial charge in [-0.25, -0.2) is 14.4 Å². The highest BCUT2D eigenvalue weighted by atomic mass is 35.5. The fourth-order valence-electron chi connectivity index (χ4n) is 4.78. The molecule has 1 aliphatic heterocycles. The van der Waals surface area contributed by atoms with Crippen LogP contribution in [0.3, 0.4) is 0 Å². The second-order valence-corrected chi connectivity index (χ2v) is 10.9. The molecular formula is C27H36ClFN8O2. The van der Waals surface area contributed by atoms with Gasteiger partial charge in [-0.15, -0.1) is 0 Å². The number of hydrogen-bond donors (Lipinski definition) is 4. The quantitative estimate of drug-likeness (QED) is 0.256. The van der Waals surface area contributed by atoms with Crippen LogP contribution in [0.1, 0.15) is 38.7 Å². The van der Waals surface area contributed by atoms with Crippen LogP contribution in [-0.4, -0.2) is 65.3 Å². The number of halogens is 2. The molecule has 4 rings (SSSR count). The van der Waals surface area contributed by atoms with Crippen LogP contribution in [0.5, 0.6) is 5.75 Å². The van der Waals surface area contributed by atoms with Crippen molar-refractivity contribution >= 4 is 46.2 Å². The molecule has 2 heterocycles. The van der Waals surface area contributed by atoms with Gasteiger partial charge < -0.3 is 36.0 Å². The number of hydrogen-bond acceptors (Lipinski definition) is 10. The number of methoxy groups -OCH3 is 1. The molecule has 39 heavy (non-hydrogen) atoms. The van der Waals surface area contributed by atoms with E-state index in [-0.39, 0.29) is 16.9 Å². The molecule has 0 spiro atoms. The van der Waals surface area contributed by atoms with Crippen LogP contribution in [0.2, 0.25) is 5.02 Å². The number of nitrogens with one attached hydrogen (secondary N) is 2. The maximum absolute atomic E-state index is 14.1. The molecule has 2 aromatic carbocycles. The fraction of sp³-hybridized carbons (Fsp3) is 0.444. The predicted molar refractivity (Wildman–Crippen MR) is 154 cm³/mol. The minimum atomic E-state index is -1.34. The summed E-state index contributed by atoms with van der Waals surface area (Å²) < 4.78 is 19.8. The van der Waals surface area contributed by atoms with E-state index in [1.165, 1.54) is 18.5 Å². The van der Waals surface area contributed by atoms with Crippen LogP contribution in [0.25, 0.3) is 0 Å². The van der Waals surface area contributed by atoms with Crippen molar-refractivity contribution in [1.82, 2.24) is 19.9 Å². The zero-order valence-electron chi connectivity index (χ0n) is 22.9. The van der Waals surface area contributed by atoms with E-state index in [1.807, 2.05) is 12.1 Å². The van der Waals surface area contributed by atoms with Crippen LogP contribution in [0, 0.1) is 5.82 Å². The smallest absolute Gasteiger partial charge is 0.232 e. The van der Waals surface area contributed by atoms with Crippen molar-refractivity contribution in [2.45, 2.75) is 44.8 Å². The average Bonchev–Trinajstić information content (AvgIpc) is 3.33. The number of aromatic nitrogens is 3. The molecule has 0 saturated carbocycles. The maximum Gasteiger partial charge on any atom is 0.232 e. The van der Waals surface area contributed by atoms with Crippen molar-refractivity contribution in [3.63, 3.8) is 0 Å². The van der Waals surface area contributed by atoms with E-state index in [2.05, 4.69) is 49.5 Å². The van der Waals surface area contributed by atoms with Crippen molar-refractivity contribution < 1.29 is 14.2 Å². The number of ether oxygens (including phenoxy) is 1. The summed E-state index contributed by atoms with van der Waals surface area (Å²) >= 11 is 6.00. The van der Waals surface area contributed by atoms with Crippen LogP contribution >= 0.6 is 11.6 Å². The van der Waals surface area contributed by atoms with Gasteiger partial charge in [0.05, 0.1) is 34.8 Å². The van der Waals surface area contributed by atoms with E-state index < -0.39 is 11.4 Å². The van der Waals surface area contributed by atoms with Gasteiger partial charge in [0.1, 0.15) is 17.9 Å². The van der Waals surface area contributed by atoms with Crippen molar-refractivity contribution in [3.05, 3.63) is 47.0 Å². The Kier molecular flexibility index (Phi) is 8.63. The summed E-state index contributed by atoms with van der Waals surface area (Å²) in [6, 6.07) is 6.75. The first kappa shape index (κ1) is 28.6. The minimum Gasteiger partial charge on any atom is -0.494 e. The molecule has 0 unspecified atom stereocenters. The summed E-state index contributed by atoms with van der Waals surface area (Å²) in [7, 11) is 5.77. The lowest BCUT2D eigenvalue weighted by molar-refractivity contribution is 0.0790. The number of aliphatic hydroxyl groups is 1. The van der Waals surface area contributed by atoms with Gasteiger partial charge in [-0.3, -0.25) is 0 Å². The third-order valence-electron chi connectivity index (χ3n) is 6.73. The standard InChI is InChI=1S/C27H36ClFN8O2/c1-27(2,38)17-11-19(29)18(28)12-21(17)33-25-31-15-32-26(35-25)34-22-13-20(30)23(14-24(22)39-5)37-9-6-7-16(37)8-10-36(3)4/h11-16,38H,6-10,30H2,1-5H3,(H2,31,32,33,34,35)/t16-/m1/s1. The Morgan fingerprint density at radius 3 is 2.51 bits per heavy atom. The lowest BCUT2D eigenvalue weighted by Gasteiger charge is -2.29. The van der Waals surface area contributed by atoms with E-state index >= 15 is 0 Å². The second-order valence-electron chi connectivity index (χ2n) is 10.4. The van der Waals surface area contributed by atoms with E-state index in [0.717, 1.165) is 38.0 Å². The Morgan fingerprint density at radius 1 is 1.18 bits per heavy atom. The van der Waals surface area contributed by atoms with E-state index in [4.69, 9.17) is 22.1 Å². The van der Waals surface area contributed by atoms with Crippen molar-refractivity contribution in [3.8, 4) is 5.75 Å². The van der Waals surface area contributed by atoms with Crippen molar-refractivity contribution in [2.24, 2.45) is 0 Å². The number of rotatable bonds is 10. The first-order valence-electron chi connectivity index (χ1n) is 12.8. The zero-order valence-corrected chi connectivity index (χ0v) is 23.7. The van der Waals surface area contributed by atoms with Gasteiger partial charge in [-0.2, -0.15) is 4.98 Å². The summed E-state index contributed by atoms with van der Waals surface area (Å²) in [6.07, 6.45) is 4.64. The molecule has 0 aliphatic carbocycles. The van der Waals surface area contributed by atoms with E-state index in [1.54, 1.807) is 21.0 Å². The topological polar surface area (TPSA) is 125 Å². The molecule has 1 aliphatic rings. The van der Waals surface area contributed by atoms with E-state index in [9.17, 15) is 9.50 Å². The van der Waals surface area contributed by atoms with Crippen LogP contribution in [0.15, 0.2) is 30.6 Å². The monoisotopic (exact) mass is 558 g/mol. The summed E-state index contributed by atoms with van der Waals surface area (Å²) in [5.41, 5.74) is 8.03. The molecule has 1 aromatic heterocycles. The Morgan fingerprint density at radius 2 is 1.87 bits per heavy atom. The highest BCUT2D eigenvalue weighted by molar-refractivity contribution is 6.31. The molecule has 1 atom stereocenters. The molecule has 1 saturated heterocycles. The lowest BCUT2D eigenvalue weighted by Crippen LogP contribution is -2.32. The number of nitrogens with two attached hydrogens (primary N) is 1. The first-order chi connectivity index (χ1) is 18.5. The second kappa shape index (κ2) is 11.8. The van der Waals surface area contributed by atoms with Crippen molar-refractivity contribution in [2.75, 3.05) is 55.6 Å². The Bertz CT molecular complexity index is 1320. The van der Waals surface area contributed by atoms with Gasteiger partial charge in [0.15, 0.2) is 0 Å². The summed E-state index contributed by atoms with van der Waals surface area (Å²) in [5, 5.41) is 16.6. The van der Waals surface area contributed by atoms with Crippen molar-refractivity contribution in [1.29, 1.82) is 0 Å². The van der Waals surface area contributed by atoms with E-state index in [0.29, 0.717) is 34.4 Å². The van der Waals surface area contributed by atoms with Gasteiger partial charge >= 0.3 is 0 Å². The molecule has 210 valence electrons. The van der Waals surface area contributed by atoms with Crippen LogP contribution < -0.4 is 26.0 Å². The molecule has 10 nitrogen and oxygen atoms in total. The Hall–Kier alpha value is -3.41. The normalized spacial score (nSPS) is 15.6. The average molecular weight is 559 g/mol. The third kappa shape index (κ3) is 6.78. The number of nitrogen functional groups attached to an aromatic ring is 1. The minimum absolute atomic E-state index is 0.0971. The molecule has 0 bridgehead atoms. The highest BCUT2D eigenvalue weighted by Gasteiger charge is 2.27. The predicted octanol–water partition coefficient (Wildman–Crippen LogP) is 4.89. The third-order valence-corrected chi connectivity index (χ3v) is 7.02. The molecule has 0 radical (unpaired) electrons. The molecular weight excluding hydrogens is 523 g/mol. The summed E-state index contributed by atoms with van der Waals surface area (Å²) in [4.78, 5) is 17.4. The molecule has 1 fully saturated rings. The van der Waals surface area contributed by atoms with Gasteiger partial charge in [0.25, 0.3) is 0 Å². The maximum atomic E-state index is 14.1. The Labute approximate surface area is 233 Å².